The number of hydrogen-bond donors (Lipinski definition) is 2. The maximum atomic E-state index is 5.13. The van der Waals surface area contributed by atoms with E-state index in [9.17, 15) is 0 Å². The van der Waals surface area contributed by atoms with Gasteiger partial charge in [0.1, 0.15) is 0 Å². The zero-order valence-corrected chi connectivity index (χ0v) is 10.6. The fourth-order valence-electron chi connectivity index (χ4n) is 1.39. The highest BCUT2D eigenvalue weighted by Gasteiger charge is 1.98. The average molecular weight is 262 g/mol. The molecule has 0 atom stereocenters. The maximum absolute atomic E-state index is 5.13. The van der Waals surface area contributed by atoms with E-state index in [1.54, 1.807) is 31.0 Å². The summed E-state index contributed by atoms with van der Waals surface area (Å²) >= 11 is 5.13. The summed E-state index contributed by atoms with van der Waals surface area (Å²) in [5.41, 5.74) is 0. The minimum atomic E-state index is 0.504. The number of nitrogens with zero attached hydrogens (tertiary/aromatic N) is 4. The lowest BCUT2D eigenvalue weighted by atomic mass is 10.4. The molecule has 0 fully saturated rings. The predicted octanol–water partition coefficient (Wildman–Crippen LogP) is 1.05. The number of imidazole rings is 1. The molecule has 0 bridgehead atoms. The van der Waals surface area contributed by atoms with Gasteiger partial charge in [-0.1, -0.05) is 0 Å². The Morgan fingerprint density at radius 1 is 1.28 bits per heavy atom. The summed E-state index contributed by atoms with van der Waals surface area (Å²) < 4.78 is 2.03. The molecule has 0 saturated carbocycles. The molecule has 2 rings (SSSR count). The van der Waals surface area contributed by atoms with Crippen LogP contribution in [-0.2, 0) is 6.54 Å². The third-order valence-corrected chi connectivity index (χ3v) is 2.48. The normalized spacial score (nSPS) is 10.0. The summed E-state index contributed by atoms with van der Waals surface area (Å²) in [7, 11) is 0. The van der Waals surface area contributed by atoms with Crippen molar-refractivity contribution in [1.82, 2.24) is 24.8 Å². The van der Waals surface area contributed by atoms with Gasteiger partial charge >= 0.3 is 0 Å². The van der Waals surface area contributed by atoms with Crippen LogP contribution >= 0.6 is 12.2 Å². The van der Waals surface area contributed by atoms with E-state index in [4.69, 9.17) is 12.2 Å². The number of thiocarbonyl (C=S) groups is 1. The molecule has 0 aliphatic heterocycles. The molecule has 0 radical (unpaired) electrons. The second-order valence-corrected chi connectivity index (χ2v) is 4.02. The minimum Gasteiger partial charge on any atom is -0.362 e. The molecular formula is C11H14N6S. The number of aromatic nitrogens is 4. The zero-order chi connectivity index (χ0) is 12.6. The molecule has 0 aliphatic carbocycles. The molecule has 6 nitrogen and oxygen atoms in total. The van der Waals surface area contributed by atoms with E-state index in [-0.39, 0.29) is 0 Å². The molecular weight excluding hydrogens is 248 g/mol. The summed E-state index contributed by atoms with van der Waals surface area (Å²) in [6, 6.07) is 1.76. The van der Waals surface area contributed by atoms with Gasteiger partial charge in [-0.25, -0.2) is 15.0 Å². The number of anilines is 1. The van der Waals surface area contributed by atoms with Crippen LogP contribution in [-0.4, -0.2) is 31.2 Å². The lowest BCUT2D eigenvalue weighted by Gasteiger charge is -2.08. The highest BCUT2D eigenvalue weighted by Crippen LogP contribution is 1.94. The number of rotatable bonds is 5. The van der Waals surface area contributed by atoms with Crippen molar-refractivity contribution in [3.63, 3.8) is 0 Å². The number of hydrogen-bond acceptors (Lipinski definition) is 4. The van der Waals surface area contributed by atoms with Crippen molar-refractivity contribution in [1.29, 1.82) is 0 Å². The lowest BCUT2D eigenvalue weighted by molar-refractivity contribution is 0.632. The number of nitrogens with one attached hydrogen (secondary N) is 2. The lowest BCUT2D eigenvalue weighted by Crippen LogP contribution is -2.30. The Labute approximate surface area is 110 Å². The van der Waals surface area contributed by atoms with Gasteiger partial charge in [-0.05, 0) is 24.7 Å². The van der Waals surface area contributed by atoms with Crippen LogP contribution in [0, 0.1) is 0 Å². The Balaban J connectivity index is 1.63. The summed E-state index contributed by atoms with van der Waals surface area (Å²) in [6.45, 7) is 1.70. The highest BCUT2D eigenvalue weighted by molar-refractivity contribution is 7.80. The molecule has 0 unspecified atom stereocenters. The Hall–Kier alpha value is -2.02. The van der Waals surface area contributed by atoms with Crippen LogP contribution in [0.2, 0.25) is 0 Å². The first-order valence-corrected chi connectivity index (χ1v) is 6.03. The fraction of sp³-hybridized carbons (Fsp3) is 0.273. The van der Waals surface area contributed by atoms with Crippen molar-refractivity contribution >= 4 is 23.3 Å². The van der Waals surface area contributed by atoms with E-state index in [0.29, 0.717) is 11.1 Å². The van der Waals surface area contributed by atoms with Gasteiger partial charge in [-0.2, -0.15) is 0 Å². The van der Waals surface area contributed by atoms with E-state index in [0.717, 1.165) is 19.5 Å². The molecule has 2 heterocycles. The summed E-state index contributed by atoms with van der Waals surface area (Å²) in [6.07, 6.45) is 9.80. The summed E-state index contributed by atoms with van der Waals surface area (Å²) in [4.78, 5) is 12.0. The van der Waals surface area contributed by atoms with Crippen LogP contribution in [0.25, 0.3) is 0 Å². The molecule has 7 heteroatoms. The van der Waals surface area contributed by atoms with Crippen molar-refractivity contribution in [2.75, 3.05) is 11.9 Å². The zero-order valence-electron chi connectivity index (χ0n) is 9.78. The monoisotopic (exact) mass is 262 g/mol. The smallest absolute Gasteiger partial charge is 0.228 e. The van der Waals surface area contributed by atoms with Crippen molar-refractivity contribution in [3.8, 4) is 0 Å². The molecule has 0 amide bonds. The topological polar surface area (TPSA) is 67.7 Å². The summed E-state index contributed by atoms with van der Waals surface area (Å²) in [5, 5.41) is 6.55. The third-order valence-electron chi connectivity index (χ3n) is 2.23. The van der Waals surface area contributed by atoms with Crippen molar-refractivity contribution < 1.29 is 0 Å². The highest BCUT2D eigenvalue weighted by atomic mass is 32.1. The van der Waals surface area contributed by atoms with Crippen LogP contribution in [0.5, 0.6) is 0 Å². The van der Waals surface area contributed by atoms with E-state index in [2.05, 4.69) is 25.6 Å². The van der Waals surface area contributed by atoms with Gasteiger partial charge in [0.25, 0.3) is 0 Å². The molecule has 0 spiro atoms. The summed E-state index contributed by atoms with van der Waals surface area (Å²) in [5.74, 6) is 0.504. The molecule has 0 aliphatic rings. The largest absolute Gasteiger partial charge is 0.362 e. The van der Waals surface area contributed by atoms with Crippen LogP contribution in [0.1, 0.15) is 6.42 Å². The fourth-order valence-corrected chi connectivity index (χ4v) is 1.59. The van der Waals surface area contributed by atoms with Crippen LogP contribution in [0.3, 0.4) is 0 Å². The third kappa shape index (κ3) is 4.10. The maximum Gasteiger partial charge on any atom is 0.228 e. The molecule has 18 heavy (non-hydrogen) atoms. The Morgan fingerprint density at radius 3 is 2.83 bits per heavy atom. The van der Waals surface area contributed by atoms with Crippen LogP contribution in [0.15, 0.2) is 37.2 Å². The van der Waals surface area contributed by atoms with Crippen molar-refractivity contribution in [2.45, 2.75) is 13.0 Å². The Kier molecular flexibility index (Phi) is 4.60. The first kappa shape index (κ1) is 12.4. The van der Waals surface area contributed by atoms with E-state index >= 15 is 0 Å². The van der Waals surface area contributed by atoms with E-state index < -0.39 is 0 Å². The van der Waals surface area contributed by atoms with Gasteiger partial charge in [-0.3, -0.25) is 0 Å². The van der Waals surface area contributed by atoms with Crippen molar-refractivity contribution in [2.24, 2.45) is 0 Å². The van der Waals surface area contributed by atoms with Gasteiger partial charge in [0, 0.05) is 37.9 Å². The molecule has 2 aromatic rings. The first-order valence-electron chi connectivity index (χ1n) is 5.62. The second kappa shape index (κ2) is 6.65. The van der Waals surface area contributed by atoms with Gasteiger partial charge in [-0.15, -0.1) is 0 Å². The predicted molar refractivity (Wildman–Crippen MR) is 73.1 cm³/mol. The van der Waals surface area contributed by atoms with Crippen LogP contribution < -0.4 is 10.6 Å². The van der Waals surface area contributed by atoms with Gasteiger partial charge in [0.2, 0.25) is 5.95 Å². The molecule has 0 aromatic carbocycles. The van der Waals surface area contributed by atoms with Gasteiger partial charge < -0.3 is 15.2 Å². The average Bonchev–Trinajstić information content (AvgIpc) is 2.89. The standard InChI is InChI=1S/C11H14N6S/c18-11(16-10-13-3-1-4-14-10)15-5-2-7-17-8-6-12-9-17/h1,3-4,6,8-9H,2,5,7H2,(H2,13,14,15,16,18). The van der Waals surface area contributed by atoms with Gasteiger partial charge in [0.05, 0.1) is 6.33 Å². The Bertz CT molecular complexity index is 470. The second-order valence-electron chi connectivity index (χ2n) is 3.61. The SMILES string of the molecule is S=C(NCCCn1ccnc1)Nc1ncccn1. The quantitative estimate of drug-likeness (QED) is 0.620. The molecule has 94 valence electrons. The molecule has 0 saturated heterocycles. The first-order chi connectivity index (χ1) is 8.84. The van der Waals surface area contributed by atoms with E-state index in [1.165, 1.54) is 0 Å². The van der Waals surface area contributed by atoms with Crippen molar-refractivity contribution in [3.05, 3.63) is 37.2 Å². The minimum absolute atomic E-state index is 0.504. The molecule has 2 N–H and O–H groups in total. The number of aryl methyl sites for hydroxylation is 1. The Morgan fingerprint density at radius 2 is 2.11 bits per heavy atom. The van der Waals surface area contributed by atoms with Gasteiger partial charge in [0.15, 0.2) is 5.11 Å². The van der Waals surface area contributed by atoms with E-state index in [1.807, 2.05) is 10.8 Å². The molecule has 2 aromatic heterocycles. The van der Waals surface area contributed by atoms with Crippen LogP contribution in [0.4, 0.5) is 5.95 Å².